The molecule has 3 aromatic carbocycles. The first-order valence-corrected chi connectivity index (χ1v) is 8.37. The lowest BCUT2D eigenvalue weighted by Gasteiger charge is -2.08. The molecule has 0 fully saturated rings. The molecule has 3 rings (SSSR count). The van der Waals surface area contributed by atoms with Gasteiger partial charge in [-0.2, -0.15) is 5.10 Å². The summed E-state index contributed by atoms with van der Waals surface area (Å²) in [5, 5.41) is 26.1. The third kappa shape index (κ3) is 3.59. The second kappa shape index (κ2) is 7.23. The summed E-state index contributed by atoms with van der Waals surface area (Å²) >= 11 is 11.8. The minimum Gasteiger partial charge on any atom is -0.507 e. The smallest absolute Gasteiger partial charge is 0.275 e. The summed E-state index contributed by atoms with van der Waals surface area (Å²) in [5.41, 5.74) is 3.05. The van der Waals surface area contributed by atoms with Crippen LogP contribution < -0.4 is 5.43 Å². The molecule has 132 valence electrons. The number of hydrogen-bond acceptors (Lipinski definition) is 4. The van der Waals surface area contributed by atoms with Crippen molar-refractivity contribution in [3.63, 3.8) is 0 Å². The topological polar surface area (TPSA) is 81.9 Å². The number of phenols is 2. The zero-order valence-corrected chi connectivity index (χ0v) is 15.1. The standard InChI is InChI=1S/C19H14Cl2N2O3/c1-10(14-8-13(20)9-16(21)18(14)25)22-23-19(26)15-6-11-4-2-3-5-12(11)7-17(15)24/h2-9,24-25H,1H3,(H,23,26). The second-order valence-corrected chi connectivity index (χ2v) is 6.48. The lowest BCUT2D eigenvalue weighted by atomic mass is 10.1. The number of halogens is 2. The quantitative estimate of drug-likeness (QED) is 0.448. The first-order valence-electron chi connectivity index (χ1n) is 7.61. The zero-order chi connectivity index (χ0) is 18.8. The summed E-state index contributed by atoms with van der Waals surface area (Å²) < 4.78 is 0. The van der Waals surface area contributed by atoms with E-state index >= 15 is 0 Å². The van der Waals surface area contributed by atoms with E-state index in [2.05, 4.69) is 10.5 Å². The third-order valence-electron chi connectivity index (χ3n) is 3.85. The molecule has 26 heavy (non-hydrogen) atoms. The Kier molecular flexibility index (Phi) is 5.02. The van der Waals surface area contributed by atoms with Crippen molar-refractivity contribution in [3.05, 3.63) is 69.7 Å². The van der Waals surface area contributed by atoms with Gasteiger partial charge in [0, 0.05) is 10.6 Å². The zero-order valence-electron chi connectivity index (χ0n) is 13.6. The van der Waals surface area contributed by atoms with Gasteiger partial charge in [-0.3, -0.25) is 4.79 Å². The Bertz CT molecular complexity index is 1050. The van der Waals surface area contributed by atoms with Crippen LogP contribution in [0, 0.1) is 0 Å². The van der Waals surface area contributed by atoms with Crippen LogP contribution in [-0.2, 0) is 0 Å². The minimum atomic E-state index is -0.583. The molecule has 0 aliphatic rings. The van der Waals surface area contributed by atoms with Crippen LogP contribution in [0.1, 0.15) is 22.8 Å². The molecule has 0 saturated carbocycles. The van der Waals surface area contributed by atoms with Crippen molar-refractivity contribution in [2.24, 2.45) is 5.10 Å². The van der Waals surface area contributed by atoms with Gasteiger partial charge in [-0.1, -0.05) is 47.5 Å². The minimum absolute atomic E-state index is 0.0838. The maximum atomic E-state index is 12.4. The molecule has 0 heterocycles. The van der Waals surface area contributed by atoms with Crippen molar-refractivity contribution >= 4 is 45.6 Å². The molecule has 3 aromatic rings. The Morgan fingerprint density at radius 2 is 1.65 bits per heavy atom. The molecule has 0 unspecified atom stereocenters. The van der Waals surface area contributed by atoms with Crippen LogP contribution in [0.5, 0.6) is 11.5 Å². The lowest BCUT2D eigenvalue weighted by Crippen LogP contribution is -2.19. The van der Waals surface area contributed by atoms with Gasteiger partial charge in [0.25, 0.3) is 5.91 Å². The molecular weight excluding hydrogens is 375 g/mol. The van der Waals surface area contributed by atoms with Crippen molar-refractivity contribution in [3.8, 4) is 11.5 Å². The van der Waals surface area contributed by atoms with Crippen LogP contribution in [-0.4, -0.2) is 21.8 Å². The first kappa shape index (κ1) is 18.0. The largest absolute Gasteiger partial charge is 0.507 e. The molecule has 0 aliphatic carbocycles. The molecule has 0 aromatic heterocycles. The van der Waals surface area contributed by atoms with Crippen molar-refractivity contribution in [1.29, 1.82) is 0 Å². The van der Waals surface area contributed by atoms with Gasteiger partial charge in [-0.25, -0.2) is 5.43 Å². The van der Waals surface area contributed by atoms with E-state index < -0.39 is 5.91 Å². The van der Waals surface area contributed by atoms with Crippen LogP contribution >= 0.6 is 23.2 Å². The highest BCUT2D eigenvalue weighted by atomic mass is 35.5. The van der Waals surface area contributed by atoms with Crippen LogP contribution in [0.25, 0.3) is 10.8 Å². The van der Waals surface area contributed by atoms with E-state index in [1.54, 1.807) is 13.0 Å². The van der Waals surface area contributed by atoms with Crippen LogP contribution in [0.15, 0.2) is 53.6 Å². The number of amides is 1. The molecule has 5 nitrogen and oxygen atoms in total. The Hall–Kier alpha value is -2.76. The van der Waals surface area contributed by atoms with Crippen LogP contribution in [0.2, 0.25) is 10.0 Å². The monoisotopic (exact) mass is 388 g/mol. The van der Waals surface area contributed by atoms with Gasteiger partial charge in [0.05, 0.1) is 16.3 Å². The highest BCUT2D eigenvalue weighted by molar-refractivity contribution is 6.36. The Balaban J connectivity index is 1.89. The molecule has 0 saturated heterocycles. The van der Waals surface area contributed by atoms with Gasteiger partial charge >= 0.3 is 0 Å². The number of rotatable bonds is 3. The summed E-state index contributed by atoms with van der Waals surface area (Å²) in [6.07, 6.45) is 0. The van der Waals surface area contributed by atoms with Crippen molar-refractivity contribution in [2.75, 3.05) is 0 Å². The number of hydrazone groups is 1. The molecular formula is C19H14Cl2N2O3. The van der Waals surface area contributed by atoms with E-state index in [4.69, 9.17) is 23.2 Å². The van der Waals surface area contributed by atoms with Gasteiger partial charge in [0.15, 0.2) is 0 Å². The third-order valence-corrected chi connectivity index (χ3v) is 4.36. The van der Waals surface area contributed by atoms with Gasteiger partial charge in [-0.05, 0) is 42.0 Å². The van der Waals surface area contributed by atoms with E-state index in [1.807, 2.05) is 24.3 Å². The maximum absolute atomic E-state index is 12.4. The molecule has 3 N–H and O–H groups in total. The number of aromatic hydroxyl groups is 2. The number of hydrogen-bond donors (Lipinski definition) is 3. The molecule has 0 aliphatic heterocycles. The number of carbonyl (C=O) groups is 1. The molecule has 0 spiro atoms. The fourth-order valence-corrected chi connectivity index (χ4v) is 3.00. The molecule has 0 radical (unpaired) electrons. The van der Waals surface area contributed by atoms with E-state index in [-0.39, 0.29) is 22.1 Å². The van der Waals surface area contributed by atoms with E-state index in [9.17, 15) is 15.0 Å². The highest BCUT2D eigenvalue weighted by Crippen LogP contribution is 2.31. The van der Waals surface area contributed by atoms with Gasteiger partial charge in [0.1, 0.15) is 11.5 Å². The molecule has 0 atom stereocenters. The fraction of sp³-hybridized carbons (Fsp3) is 0.0526. The van der Waals surface area contributed by atoms with Crippen molar-refractivity contribution in [2.45, 2.75) is 6.92 Å². The lowest BCUT2D eigenvalue weighted by molar-refractivity contribution is 0.0952. The number of benzene rings is 3. The average Bonchev–Trinajstić information content (AvgIpc) is 2.61. The van der Waals surface area contributed by atoms with Gasteiger partial charge in [0.2, 0.25) is 0 Å². The molecule has 0 bridgehead atoms. The average molecular weight is 389 g/mol. The van der Waals surface area contributed by atoms with Crippen molar-refractivity contribution in [1.82, 2.24) is 5.43 Å². The summed E-state index contributed by atoms with van der Waals surface area (Å²) in [6.45, 7) is 1.59. The first-order chi connectivity index (χ1) is 12.4. The number of carbonyl (C=O) groups excluding carboxylic acids is 1. The summed E-state index contributed by atoms with van der Waals surface area (Å²) in [6, 6.07) is 13.4. The van der Waals surface area contributed by atoms with E-state index in [0.29, 0.717) is 16.3 Å². The van der Waals surface area contributed by atoms with Crippen LogP contribution in [0.4, 0.5) is 0 Å². The summed E-state index contributed by atoms with van der Waals surface area (Å²) in [4.78, 5) is 12.4. The van der Waals surface area contributed by atoms with Crippen molar-refractivity contribution < 1.29 is 15.0 Å². The van der Waals surface area contributed by atoms with E-state index in [1.165, 1.54) is 18.2 Å². The predicted molar refractivity (Wildman–Crippen MR) is 103 cm³/mol. The van der Waals surface area contributed by atoms with Crippen LogP contribution in [0.3, 0.4) is 0 Å². The summed E-state index contributed by atoms with van der Waals surface area (Å²) in [7, 11) is 0. The molecule has 7 heteroatoms. The SMILES string of the molecule is CC(=NNC(=O)c1cc2ccccc2cc1O)c1cc(Cl)cc(Cl)c1O. The summed E-state index contributed by atoms with van der Waals surface area (Å²) in [5.74, 6) is -0.914. The highest BCUT2D eigenvalue weighted by Gasteiger charge is 2.14. The Morgan fingerprint density at radius 3 is 2.35 bits per heavy atom. The normalized spacial score (nSPS) is 11.6. The Labute approximate surface area is 159 Å². The fourth-order valence-electron chi connectivity index (χ4n) is 2.51. The second-order valence-electron chi connectivity index (χ2n) is 5.64. The maximum Gasteiger partial charge on any atom is 0.275 e. The molecule has 1 amide bonds. The number of nitrogens with one attached hydrogen (secondary N) is 1. The number of phenolic OH excluding ortho intramolecular Hbond substituents is 2. The Morgan fingerprint density at radius 1 is 1.00 bits per heavy atom. The van der Waals surface area contributed by atoms with Gasteiger partial charge in [-0.15, -0.1) is 0 Å². The number of fused-ring (bicyclic) bond motifs is 1. The van der Waals surface area contributed by atoms with E-state index in [0.717, 1.165) is 10.8 Å². The predicted octanol–water partition coefficient (Wildman–Crippen LogP) is 4.71. The van der Waals surface area contributed by atoms with Gasteiger partial charge < -0.3 is 10.2 Å². The number of nitrogens with zero attached hydrogens (tertiary/aromatic N) is 1.